The van der Waals surface area contributed by atoms with Gasteiger partial charge in [0.15, 0.2) is 5.58 Å². The predicted octanol–water partition coefficient (Wildman–Crippen LogP) is 4.77. The first-order chi connectivity index (χ1) is 14.1. The van der Waals surface area contributed by atoms with E-state index in [2.05, 4.69) is 15.5 Å². The average molecular weight is 393 g/mol. The van der Waals surface area contributed by atoms with Gasteiger partial charge in [0.05, 0.1) is 6.21 Å². The highest BCUT2D eigenvalue weighted by atomic mass is 19.1. The number of anilines is 1. The van der Waals surface area contributed by atoms with E-state index in [1.54, 1.807) is 18.2 Å². The van der Waals surface area contributed by atoms with Gasteiger partial charge in [0.2, 0.25) is 0 Å². The van der Waals surface area contributed by atoms with Crippen LogP contribution in [-0.4, -0.2) is 17.2 Å². The van der Waals surface area contributed by atoms with Crippen molar-refractivity contribution >= 4 is 29.3 Å². The highest BCUT2D eigenvalue weighted by molar-refractivity contribution is 5.91. The summed E-state index contributed by atoms with van der Waals surface area (Å²) in [6.07, 6.45) is 1.51. The van der Waals surface area contributed by atoms with Crippen LogP contribution in [0.15, 0.2) is 76.2 Å². The highest BCUT2D eigenvalue weighted by Crippen LogP contribution is 2.19. The van der Waals surface area contributed by atoms with Crippen LogP contribution in [0.3, 0.4) is 0 Å². The minimum Gasteiger partial charge on any atom is -0.423 e. The number of hydrogen-bond donors (Lipinski definition) is 1. The number of nitrogens with one attached hydrogen (secondary N) is 1. The van der Waals surface area contributed by atoms with Crippen molar-refractivity contribution in [3.8, 4) is 5.75 Å². The van der Waals surface area contributed by atoms with Gasteiger partial charge in [0, 0.05) is 0 Å². The number of nitrogens with zero attached hydrogens (tertiary/aromatic N) is 2. The summed E-state index contributed by atoms with van der Waals surface area (Å²) in [5.74, 6) is -2.94. The van der Waals surface area contributed by atoms with E-state index in [9.17, 15) is 13.6 Å². The van der Waals surface area contributed by atoms with Crippen molar-refractivity contribution in [2.24, 2.45) is 5.10 Å². The summed E-state index contributed by atoms with van der Waals surface area (Å²) in [6.45, 7) is 0. The maximum Gasteiger partial charge on any atom is 0.349 e. The topological polar surface area (TPSA) is 76.7 Å². The van der Waals surface area contributed by atoms with Crippen molar-refractivity contribution in [1.82, 2.24) is 4.98 Å². The molecule has 29 heavy (non-hydrogen) atoms. The molecule has 144 valence electrons. The van der Waals surface area contributed by atoms with Gasteiger partial charge < -0.3 is 9.15 Å². The van der Waals surface area contributed by atoms with Crippen LogP contribution in [-0.2, 0) is 0 Å². The van der Waals surface area contributed by atoms with Crippen molar-refractivity contribution in [2.75, 3.05) is 5.43 Å². The zero-order chi connectivity index (χ0) is 20.2. The van der Waals surface area contributed by atoms with Crippen LogP contribution in [0, 0.1) is 11.6 Å². The average Bonchev–Trinajstić information content (AvgIpc) is 3.12. The summed E-state index contributed by atoms with van der Waals surface area (Å²) in [4.78, 5) is 16.2. The lowest BCUT2D eigenvalue weighted by molar-refractivity contribution is 0.0724. The number of esters is 1. The molecule has 8 heteroatoms. The molecule has 0 saturated heterocycles. The zero-order valence-corrected chi connectivity index (χ0v) is 14.8. The third kappa shape index (κ3) is 4.11. The molecular weight excluding hydrogens is 380 g/mol. The summed E-state index contributed by atoms with van der Waals surface area (Å²) in [6, 6.07) is 16.9. The number of hydrogen-bond acceptors (Lipinski definition) is 6. The lowest BCUT2D eigenvalue weighted by atomic mass is 10.2. The van der Waals surface area contributed by atoms with E-state index < -0.39 is 23.2 Å². The molecule has 6 nitrogen and oxygen atoms in total. The Morgan fingerprint density at radius 3 is 2.45 bits per heavy atom. The lowest BCUT2D eigenvalue weighted by Gasteiger charge is -2.06. The second-order valence-corrected chi connectivity index (χ2v) is 5.91. The van der Waals surface area contributed by atoms with Crippen LogP contribution in [0.1, 0.15) is 15.9 Å². The molecule has 0 unspecified atom stereocenters. The summed E-state index contributed by atoms with van der Waals surface area (Å²) in [5.41, 5.74) is 3.99. The number of para-hydroxylation sites is 2. The molecule has 0 radical (unpaired) electrons. The second-order valence-electron chi connectivity index (χ2n) is 5.91. The summed E-state index contributed by atoms with van der Waals surface area (Å²) < 4.78 is 37.8. The second kappa shape index (κ2) is 7.89. The SMILES string of the molecule is O=C(Oc1ccc(/C=N\Nc2nc3ccccc3o2)cc1)c1c(F)cccc1F. The van der Waals surface area contributed by atoms with Crippen LogP contribution in [0.5, 0.6) is 5.75 Å². The smallest absolute Gasteiger partial charge is 0.349 e. The fraction of sp³-hybridized carbons (Fsp3) is 0. The molecule has 1 N–H and O–H groups in total. The van der Waals surface area contributed by atoms with E-state index in [0.717, 1.165) is 12.1 Å². The van der Waals surface area contributed by atoms with Crippen molar-refractivity contribution in [3.05, 3.63) is 89.5 Å². The molecule has 3 aromatic carbocycles. The summed E-state index contributed by atoms with van der Waals surface area (Å²) in [7, 11) is 0. The van der Waals surface area contributed by atoms with Gasteiger partial charge in [-0.1, -0.05) is 18.2 Å². The number of ether oxygens (including phenoxy) is 1. The number of benzene rings is 3. The molecule has 0 aliphatic rings. The number of rotatable bonds is 5. The molecule has 0 fully saturated rings. The fourth-order valence-corrected chi connectivity index (χ4v) is 2.55. The van der Waals surface area contributed by atoms with Gasteiger partial charge in [-0.05, 0) is 54.1 Å². The largest absolute Gasteiger partial charge is 0.423 e. The first-order valence-electron chi connectivity index (χ1n) is 8.51. The van der Waals surface area contributed by atoms with E-state index >= 15 is 0 Å². The first kappa shape index (κ1) is 18.3. The number of fused-ring (bicyclic) bond motifs is 1. The third-order valence-corrected chi connectivity index (χ3v) is 3.93. The van der Waals surface area contributed by atoms with E-state index in [1.807, 2.05) is 18.2 Å². The normalized spacial score (nSPS) is 11.1. The number of oxazole rings is 1. The van der Waals surface area contributed by atoms with E-state index in [0.29, 0.717) is 16.7 Å². The molecule has 0 spiro atoms. The number of carbonyl (C=O) groups excluding carboxylic acids is 1. The number of carbonyl (C=O) groups is 1. The number of aromatic nitrogens is 1. The number of halogens is 2. The molecule has 0 amide bonds. The van der Waals surface area contributed by atoms with Crippen LogP contribution < -0.4 is 10.2 Å². The van der Waals surface area contributed by atoms with Crippen molar-refractivity contribution < 1.29 is 22.7 Å². The Kier molecular flexibility index (Phi) is 4.98. The molecule has 0 aliphatic heterocycles. The number of hydrazone groups is 1. The Morgan fingerprint density at radius 2 is 1.72 bits per heavy atom. The van der Waals surface area contributed by atoms with Gasteiger partial charge in [-0.15, -0.1) is 0 Å². The van der Waals surface area contributed by atoms with E-state index in [1.165, 1.54) is 24.4 Å². The van der Waals surface area contributed by atoms with Gasteiger partial charge >= 0.3 is 12.0 Å². The third-order valence-electron chi connectivity index (χ3n) is 3.93. The van der Waals surface area contributed by atoms with E-state index in [4.69, 9.17) is 9.15 Å². The Balaban J connectivity index is 1.39. The molecule has 0 atom stereocenters. The lowest BCUT2D eigenvalue weighted by Crippen LogP contribution is -2.13. The van der Waals surface area contributed by atoms with Gasteiger partial charge in [-0.3, -0.25) is 0 Å². The maximum atomic E-state index is 13.6. The van der Waals surface area contributed by atoms with Crippen molar-refractivity contribution in [1.29, 1.82) is 0 Å². The minimum atomic E-state index is -1.11. The van der Waals surface area contributed by atoms with Gasteiger partial charge in [-0.2, -0.15) is 10.1 Å². The molecule has 4 aromatic rings. The van der Waals surface area contributed by atoms with Crippen LogP contribution in [0.2, 0.25) is 0 Å². The quantitative estimate of drug-likeness (QED) is 0.229. The van der Waals surface area contributed by atoms with Crippen molar-refractivity contribution in [3.63, 3.8) is 0 Å². The Hall–Kier alpha value is -4.07. The van der Waals surface area contributed by atoms with Crippen LogP contribution in [0.25, 0.3) is 11.1 Å². The Morgan fingerprint density at radius 1 is 1.00 bits per heavy atom. The van der Waals surface area contributed by atoms with Gasteiger partial charge in [0.1, 0.15) is 28.5 Å². The monoisotopic (exact) mass is 393 g/mol. The molecule has 1 aromatic heterocycles. The summed E-state index contributed by atoms with van der Waals surface area (Å²) >= 11 is 0. The maximum absolute atomic E-state index is 13.6. The highest BCUT2D eigenvalue weighted by Gasteiger charge is 2.19. The Bertz CT molecular complexity index is 1150. The van der Waals surface area contributed by atoms with Crippen molar-refractivity contribution in [2.45, 2.75) is 0 Å². The Labute approximate surface area is 163 Å². The fourth-order valence-electron chi connectivity index (χ4n) is 2.55. The standard InChI is InChI=1S/C21H13F2N3O3/c22-15-4-3-5-16(23)19(15)20(27)28-14-10-8-13(9-11-14)12-24-26-21-25-17-6-1-2-7-18(17)29-21/h1-12H,(H,25,26)/b24-12-. The molecule has 0 aliphatic carbocycles. The molecule has 4 rings (SSSR count). The molecular formula is C21H13F2N3O3. The van der Waals surface area contributed by atoms with Gasteiger partial charge in [-0.25, -0.2) is 19.0 Å². The molecule has 0 saturated carbocycles. The minimum absolute atomic E-state index is 0.140. The zero-order valence-electron chi connectivity index (χ0n) is 14.8. The van der Waals surface area contributed by atoms with Crippen LogP contribution >= 0.6 is 0 Å². The van der Waals surface area contributed by atoms with Gasteiger partial charge in [0.25, 0.3) is 0 Å². The molecule has 0 bridgehead atoms. The summed E-state index contributed by atoms with van der Waals surface area (Å²) in [5, 5.41) is 4.03. The van der Waals surface area contributed by atoms with E-state index in [-0.39, 0.29) is 11.8 Å². The molecule has 1 heterocycles. The predicted molar refractivity (Wildman–Crippen MR) is 103 cm³/mol. The first-order valence-corrected chi connectivity index (χ1v) is 8.51. The van der Waals surface area contributed by atoms with Crippen LogP contribution in [0.4, 0.5) is 14.8 Å².